The number of halogens is 1. The second-order valence-corrected chi connectivity index (χ2v) is 5.35. The number of rotatable bonds is 4. The van der Waals surface area contributed by atoms with Crippen molar-refractivity contribution in [3.8, 4) is 0 Å². The maximum Gasteiger partial charge on any atom is 0.337 e. The van der Waals surface area contributed by atoms with Crippen molar-refractivity contribution in [2.24, 2.45) is 0 Å². The predicted octanol–water partition coefficient (Wildman–Crippen LogP) is 4.87. The molecule has 3 aromatic rings. The molecule has 0 spiro atoms. The fraction of sp³-hybridized carbons (Fsp3) is 0.222. The Bertz CT molecular complexity index is 816. The lowest BCUT2D eigenvalue weighted by Crippen LogP contribution is -2.03. The van der Waals surface area contributed by atoms with E-state index in [1.165, 1.54) is 7.11 Å². The number of hydrogen-bond acceptors (Lipinski definition) is 4. The van der Waals surface area contributed by atoms with Crippen molar-refractivity contribution in [2.75, 3.05) is 7.11 Å². The third-order valence-electron chi connectivity index (χ3n) is 3.43. The van der Waals surface area contributed by atoms with Crippen LogP contribution in [-0.4, -0.2) is 22.6 Å². The number of hydrogen-bond donors (Lipinski definition) is 0. The summed E-state index contributed by atoms with van der Waals surface area (Å²) < 4.78 is 19.5. The van der Waals surface area contributed by atoms with E-state index in [0.717, 1.165) is 16.6 Å². The van der Waals surface area contributed by atoms with Gasteiger partial charge in [0.1, 0.15) is 5.65 Å². The van der Waals surface area contributed by atoms with Crippen LogP contribution in [0.2, 0.25) is 0 Å². The van der Waals surface area contributed by atoms with Gasteiger partial charge in [0, 0.05) is 24.3 Å². The van der Waals surface area contributed by atoms with Gasteiger partial charge in [-0.1, -0.05) is 26.0 Å². The van der Waals surface area contributed by atoms with Gasteiger partial charge in [-0.25, -0.2) is 9.78 Å². The van der Waals surface area contributed by atoms with Crippen molar-refractivity contribution in [3.05, 3.63) is 59.9 Å². The molecular formula is C18H19FN2O2S. The minimum Gasteiger partial charge on any atom is -0.465 e. The smallest absolute Gasteiger partial charge is 0.337 e. The molecule has 0 radical (unpaired) electrons. The van der Waals surface area contributed by atoms with E-state index >= 15 is 0 Å². The molecule has 2 heterocycles. The molecule has 2 aromatic heterocycles. The van der Waals surface area contributed by atoms with Crippen LogP contribution < -0.4 is 0 Å². The highest BCUT2D eigenvalue weighted by Crippen LogP contribution is 2.28. The van der Waals surface area contributed by atoms with Crippen LogP contribution in [0, 0.1) is 0 Å². The van der Waals surface area contributed by atoms with Crippen LogP contribution in [0.15, 0.2) is 53.7 Å². The van der Waals surface area contributed by atoms with E-state index in [-0.39, 0.29) is 18.1 Å². The fourth-order valence-electron chi connectivity index (χ4n) is 2.32. The Kier molecular flexibility index (Phi) is 6.37. The van der Waals surface area contributed by atoms with Crippen LogP contribution in [0.25, 0.3) is 11.0 Å². The molecule has 0 atom stereocenters. The summed E-state index contributed by atoms with van der Waals surface area (Å²) in [5.41, 5.74) is 2.27. The molecule has 0 saturated heterocycles. The third-order valence-corrected chi connectivity index (χ3v) is 3.96. The molecule has 0 fully saturated rings. The minimum absolute atomic E-state index is 0.221. The number of nitrogens with zero attached hydrogens (tertiary/aromatic N) is 2. The van der Waals surface area contributed by atoms with E-state index in [2.05, 4.69) is 9.72 Å². The fourth-order valence-corrected chi connectivity index (χ4v) is 2.68. The van der Waals surface area contributed by atoms with Gasteiger partial charge in [0.25, 0.3) is 0 Å². The maximum absolute atomic E-state index is 12.9. The second kappa shape index (κ2) is 8.49. The molecule has 0 saturated carbocycles. The van der Waals surface area contributed by atoms with Crippen LogP contribution in [-0.2, 0) is 11.3 Å². The first-order chi connectivity index (χ1) is 11.7. The summed E-state index contributed by atoms with van der Waals surface area (Å²) in [6.07, 6.45) is 3.48. The molecule has 0 aliphatic rings. The molecule has 6 heteroatoms. The Morgan fingerprint density at radius 1 is 1.21 bits per heavy atom. The standard InChI is InChI=1S/C16H13FN2O2S.C2H6/c1-21-16(20)12-4-2-11(3-5-12)10-19-9-7-13-14(22-17)6-8-18-15(13)19;1-2/h2-9H,10H2,1H3;1-2H3. The van der Waals surface area contributed by atoms with Crippen molar-refractivity contribution >= 4 is 29.2 Å². The molecule has 0 bridgehead atoms. The van der Waals surface area contributed by atoms with E-state index in [1.807, 2.05) is 42.8 Å². The summed E-state index contributed by atoms with van der Waals surface area (Å²) >= 11 is 0.221. The normalized spacial score (nSPS) is 10.2. The Labute approximate surface area is 144 Å². The van der Waals surface area contributed by atoms with Gasteiger partial charge in [0.15, 0.2) is 0 Å². The lowest BCUT2D eigenvalue weighted by Gasteiger charge is -2.06. The Morgan fingerprint density at radius 3 is 2.54 bits per heavy atom. The van der Waals surface area contributed by atoms with E-state index in [1.54, 1.807) is 24.4 Å². The molecule has 1 aromatic carbocycles. The number of pyridine rings is 1. The van der Waals surface area contributed by atoms with Gasteiger partial charge < -0.3 is 9.30 Å². The quantitative estimate of drug-likeness (QED) is 0.632. The van der Waals surface area contributed by atoms with Crippen LogP contribution in [0.5, 0.6) is 0 Å². The van der Waals surface area contributed by atoms with Crippen LogP contribution in [0.3, 0.4) is 0 Å². The molecule has 0 aliphatic heterocycles. The van der Waals surface area contributed by atoms with Crippen molar-refractivity contribution in [3.63, 3.8) is 0 Å². The number of ether oxygens (including phenoxy) is 1. The number of esters is 1. The van der Waals surface area contributed by atoms with Gasteiger partial charge in [-0.05, 0) is 29.8 Å². The zero-order valence-electron chi connectivity index (χ0n) is 13.8. The monoisotopic (exact) mass is 346 g/mol. The highest BCUT2D eigenvalue weighted by atomic mass is 32.2. The van der Waals surface area contributed by atoms with Crippen molar-refractivity contribution in [2.45, 2.75) is 25.3 Å². The first-order valence-electron chi connectivity index (χ1n) is 7.62. The van der Waals surface area contributed by atoms with Crippen LogP contribution in [0.4, 0.5) is 3.89 Å². The SMILES string of the molecule is CC.COC(=O)c1ccc(Cn2ccc3c(SF)ccnc32)cc1. The number of aromatic nitrogens is 2. The Morgan fingerprint density at radius 2 is 1.92 bits per heavy atom. The number of fused-ring (bicyclic) bond motifs is 1. The van der Waals surface area contributed by atoms with E-state index in [4.69, 9.17) is 0 Å². The van der Waals surface area contributed by atoms with Crippen molar-refractivity contribution in [1.82, 2.24) is 9.55 Å². The predicted molar refractivity (Wildman–Crippen MR) is 94.9 cm³/mol. The summed E-state index contributed by atoms with van der Waals surface area (Å²) in [4.78, 5) is 16.3. The highest BCUT2D eigenvalue weighted by molar-refractivity contribution is 7.94. The number of carbonyl (C=O) groups is 1. The average molecular weight is 346 g/mol. The number of carbonyl (C=O) groups excluding carboxylic acids is 1. The van der Waals surface area contributed by atoms with E-state index < -0.39 is 0 Å². The molecule has 126 valence electrons. The molecular weight excluding hydrogens is 327 g/mol. The molecule has 4 nitrogen and oxygen atoms in total. The lowest BCUT2D eigenvalue weighted by atomic mass is 10.1. The molecule has 3 rings (SSSR count). The largest absolute Gasteiger partial charge is 0.465 e. The molecule has 0 N–H and O–H groups in total. The zero-order chi connectivity index (χ0) is 17.5. The number of benzene rings is 1. The summed E-state index contributed by atoms with van der Waals surface area (Å²) in [6.45, 7) is 4.60. The minimum atomic E-state index is -0.357. The van der Waals surface area contributed by atoms with Gasteiger partial charge in [0.2, 0.25) is 0 Å². The molecule has 0 unspecified atom stereocenters. The summed E-state index contributed by atoms with van der Waals surface area (Å²) in [6, 6.07) is 10.7. The molecule has 0 amide bonds. The molecule has 24 heavy (non-hydrogen) atoms. The first-order valence-corrected chi connectivity index (χ1v) is 8.34. The van der Waals surface area contributed by atoms with Gasteiger partial charge in [-0.2, -0.15) is 3.89 Å². The van der Waals surface area contributed by atoms with Crippen LogP contribution in [0.1, 0.15) is 29.8 Å². The van der Waals surface area contributed by atoms with Gasteiger partial charge in [0.05, 0.1) is 29.7 Å². The van der Waals surface area contributed by atoms with Crippen LogP contribution >= 0.6 is 12.1 Å². The Balaban J connectivity index is 0.00000100. The van der Waals surface area contributed by atoms with E-state index in [0.29, 0.717) is 17.0 Å². The third kappa shape index (κ3) is 3.76. The van der Waals surface area contributed by atoms with Gasteiger partial charge >= 0.3 is 5.97 Å². The molecule has 0 aliphatic carbocycles. The summed E-state index contributed by atoms with van der Waals surface area (Å²) in [5, 5.41) is 0.793. The lowest BCUT2D eigenvalue weighted by molar-refractivity contribution is 0.0600. The van der Waals surface area contributed by atoms with Gasteiger partial charge in [-0.15, -0.1) is 0 Å². The first kappa shape index (κ1) is 18.0. The average Bonchev–Trinajstić information content (AvgIpc) is 3.06. The summed E-state index contributed by atoms with van der Waals surface area (Å²) in [5.74, 6) is -0.357. The Hall–Kier alpha value is -2.34. The number of methoxy groups -OCH3 is 1. The maximum atomic E-state index is 12.9. The van der Waals surface area contributed by atoms with Crippen molar-refractivity contribution in [1.29, 1.82) is 0 Å². The van der Waals surface area contributed by atoms with Crippen molar-refractivity contribution < 1.29 is 13.4 Å². The summed E-state index contributed by atoms with van der Waals surface area (Å²) in [7, 11) is 1.36. The van der Waals surface area contributed by atoms with Gasteiger partial charge in [-0.3, -0.25) is 0 Å². The highest BCUT2D eigenvalue weighted by Gasteiger charge is 2.09. The second-order valence-electron chi connectivity index (χ2n) is 4.76. The van der Waals surface area contributed by atoms with E-state index in [9.17, 15) is 8.68 Å². The topological polar surface area (TPSA) is 44.1 Å². The zero-order valence-corrected chi connectivity index (χ0v) is 14.6.